The van der Waals surface area contributed by atoms with E-state index in [1.165, 1.54) is 6.26 Å². The molecular formula is C16H27N3O4S. The standard InChI is InChI=1S/C16H27N3O4S/c1-13(20)14-6-4-7-18(11-14)12-15-10-17-16(24(3,21)22)19(15)8-5-9-23-2/h10,14H,4-9,11-12H2,1-3H3. The first-order valence-corrected chi connectivity index (χ1v) is 10.2. The third-order valence-corrected chi connectivity index (χ3v) is 5.42. The van der Waals surface area contributed by atoms with Crippen molar-refractivity contribution in [3.63, 3.8) is 0 Å². The van der Waals surface area contributed by atoms with Crippen LogP contribution in [0, 0.1) is 5.92 Å². The Kier molecular flexibility index (Phi) is 6.54. The van der Waals surface area contributed by atoms with Gasteiger partial charge in [0.1, 0.15) is 5.78 Å². The van der Waals surface area contributed by atoms with Crippen molar-refractivity contribution in [2.45, 2.75) is 44.4 Å². The van der Waals surface area contributed by atoms with Gasteiger partial charge in [0, 0.05) is 45.5 Å². The zero-order valence-electron chi connectivity index (χ0n) is 14.7. The molecule has 0 aliphatic carbocycles. The zero-order valence-corrected chi connectivity index (χ0v) is 15.5. The molecule has 0 bridgehead atoms. The van der Waals surface area contributed by atoms with Gasteiger partial charge in [-0.1, -0.05) is 0 Å². The molecule has 2 heterocycles. The molecule has 0 radical (unpaired) electrons. The molecule has 0 saturated carbocycles. The Hall–Kier alpha value is -1.25. The Morgan fingerprint density at radius 3 is 2.83 bits per heavy atom. The Morgan fingerprint density at radius 1 is 1.46 bits per heavy atom. The Labute approximate surface area is 143 Å². The van der Waals surface area contributed by atoms with Crippen LogP contribution in [0.25, 0.3) is 0 Å². The minimum absolute atomic E-state index is 0.0815. The summed E-state index contributed by atoms with van der Waals surface area (Å²) in [7, 11) is -1.75. The number of carbonyl (C=O) groups excluding carboxylic acids is 1. The zero-order chi connectivity index (χ0) is 17.7. The number of ketones is 1. The second-order valence-electron chi connectivity index (χ2n) is 6.49. The number of piperidine rings is 1. The lowest BCUT2D eigenvalue weighted by Crippen LogP contribution is -2.38. The molecular weight excluding hydrogens is 330 g/mol. The summed E-state index contributed by atoms with van der Waals surface area (Å²) in [6.45, 7) is 5.02. The molecule has 2 rings (SSSR count). The van der Waals surface area contributed by atoms with Crippen LogP contribution in [0.4, 0.5) is 0 Å². The van der Waals surface area contributed by atoms with E-state index in [1.54, 1.807) is 24.8 Å². The smallest absolute Gasteiger partial charge is 0.227 e. The van der Waals surface area contributed by atoms with Crippen LogP contribution in [0.3, 0.4) is 0 Å². The van der Waals surface area contributed by atoms with Crippen molar-refractivity contribution in [2.75, 3.05) is 33.1 Å². The number of methoxy groups -OCH3 is 1. The number of imidazole rings is 1. The molecule has 0 amide bonds. The highest BCUT2D eigenvalue weighted by molar-refractivity contribution is 7.90. The van der Waals surface area contributed by atoms with E-state index >= 15 is 0 Å². The highest BCUT2D eigenvalue weighted by Crippen LogP contribution is 2.21. The molecule has 1 saturated heterocycles. The van der Waals surface area contributed by atoms with E-state index in [1.807, 2.05) is 0 Å². The molecule has 1 aromatic heterocycles. The fraction of sp³-hybridized carbons (Fsp3) is 0.750. The topological polar surface area (TPSA) is 81.5 Å². The number of nitrogens with zero attached hydrogens (tertiary/aromatic N) is 3. The first kappa shape index (κ1) is 19.1. The van der Waals surface area contributed by atoms with E-state index in [0.717, 1.165) is 38.0 Å². The molecule has 1 aliphatic rings. The molecule has 8 heteroatoms. The van der Waals surface area contributed by atoms with Crippen LogP contribution in [-0.4, -0.2) is 61.7 Å². The normalized spacial score (nSPS) is 19.5. The maximum Gasteiger partial charge on any atom is 0.227 e. The van der Waals surface area contributed by atoms with Gasteiger partial charge in [0.2, 0.25) is 15.0 Å². The van der Waals surface area contributed by atoms with E-state index < -0.39 is 9.84 Å². The van der Waals surface area contributed by atoms with Crippen molar-refractivity contribution < 1.29 is 17.9 Å². The molecule has 136 valence electrons. The average molecular weight is 357 g/mol. The van der Waals surface area contributed by atoms with Gasteiger partial charge in [0.05, 0.1) is 11.9 Å². The molecule has 0 aromatic carbocycles. The third kappa shape index (κ3) is 4.87. The van der Waals surface area contributed by atoms with Crippen LogP contribution in [0.15, 0.2) is 11.4 Å². The number of hydrogen-bond acceptors (Lipinski definition) is 6. The average Bonchev–Trinajstić information content (AvgIpc) is 2.91. The van der Waals surface area contributed by atoms with Crippen LogP contribution in [0.1, 0.15) is 31.9 Å². The monoisotopic (exact) mass is 357 g/mol. The van der Waals surface area contributed by atoms with Crippen LogP contribution >= 0.6 is 0 Å². The number of carbonyl (C=O) groups is 1. The lowest BCUT2D eigenvalue weighted by molar-refractivity contribution is -0.122. The van der Waals surface area contributed by atoms with Gasteiger partial charge >= 0.3 is 0 Å². The summed E-state index contributed by atoms with van der Waals surface area (Å²) in [6, 6.07) is 0. The predicted octanol–water partition coefficient (Wildman–Crippen LogP) is 1.12. The van der Waals surface area contributed by atoms with E-state index in [9.17, 15) is 13.2 Å². The minimum Gasteiger partial charge on any atom is -0.385 e. The van der Waals surface area contributed by atoms with Crippen LogP contribution in [0.5, 0.6) is 0 Å². The second kappa shape index (κ2) is 8.22. The minimum atomic E-state index is -3.38. The molecule has 1 aromatic rings. The maximum absolute atomic E-state index is 12.0. The predicted molar refractivity (Wildman–Crippen MR) is 90.5 cm³/mol. The molecule has 0 spiro atoms. The van der Waals surface area contributed by atoms with Gasteiger partial charge in [0.25, 0.3) is 0 Å². The first-order valence-electron chi connectivity index (χ1n) is 8.29. The number of ether oxygens (including phenoxy) is 1. The van der Waals surface area contributed by atoms with E-state index in [4.69, 9.17) is 4.74 Å². The summed E-state index contributed by atoms with van der Waals surface area (Å²) in [4.78, 5) is 18.0. The van der Waals surface area contributed by atoms with E-state index in [-0.39, 0.29) is 16.9 Å². The van der Waals surface area contributed by atoms with E-state index in [0.29, 0.717) is 19.7 Å². The summed E-state index contributed by atoms with van der Waals surface area (Å²) in [6.07, 6.45) is 5.46. The van der Waals surface area contributed by atoms with Crippen molar-refractivity contribution in [2.24, 2.45) is 5.92 Å². The summed E-state index contributed by atoms with van der Waals surface area (Å²) < 4.78 is 30.8. The lowest BCUT2D eigenvalue weighted by atomic mass is 9.94. The maximum atomic E-state index is 12.0. The highest BCUT2D eigenvalue weighted by Gasteiger charge is 2.25. The molecule has 7 nitrogen and oxygen atoms in total. The Morgan fingerprint density at radius 2 is 2.21 bits per heavy atom. The van der Waals surface area contributed by atoms with Crippen molar-refractivity contribution in [3.8, 4) is 0 Å². The SMILES string of the molecule is COCCCn1c(CN2CCCC(C(C)=O)C2)cnc1S(C)(=O)=O. The van der Waals surface area contributed by atoms with Gasteiger partial charge in [-0.05, 0) is 32.7 Å². The van der Waals surface area contributed by atoms with Gasteiger partial charge in [0.15, 0.2) is 0 Å². The summed E-state index contributed by atoms with van der Waals surface area (Å²) in [5.74, 6) is 0.308. The van der Waals surface area contributed by atoms with Crippen molar-refractivity contribution in [3.05, 3.63) is 11.9 Å². The van der Waals surface area contributed by atoms with Crippen LogP contribution < -0.4 is 0 Å². The van der Waals surface area contributed by atoms with Crippen molar-refractivity contribution in [1.82, 2.24) is 14.5 Å². The van der Waals surface area contributed by atoms with Gasteiger partial charge in [-0.3, -0.25) is 9.69 Å². The Bertz CT molecular complexity index is 669. The summed E-state index contributed by atoms with van der Waals surface area (Å²) in [5.41, 5.74) is 0.871. The molecule has 1 atom stereocenters. The fourth-order valence-electron chi connectivity index (χ4n) is 3.18. The van der Waals surface area contributed by atoms with Gasteiger partial charge in [-0.25, -0.2) is 13.4 Å². The van der Waals surface area contributed by atoms with Crippen LogP contribution in [0.2, 0.25) is 0 Å². The number of sulfone groups is 1. The molecule has 24 heavy (non-hydrogen) atoms. The largest absolute Gasteiger partial charge is 0.385 e. The summed E-state index contributed by atoms with van der Waals surface area (Å²) >= 11 is 0. The quantitative estimate of drug-likeness (QED) is 0.649. The number of aromatic nitrogens is 2. The molecule has 1 aliphatic heterocycles. The number of rotatable bonds is 8. The Balaban J connectivity index is 2.16. The lowest BCUT2D eigenvalue weighted by Gasteiger charge is -2.31. The van der Waals surface area contributed by atoms with Gasteiger partial charge in [-0.2, -0.15) is 0 Å². The van der Waals surface area contributed by atoms with Crippen LogP contribution in [-0.2, 0) is 32.5 Å². The van der Waals surface area contributed by atoms with Crippen molar-refractivity contribution in [1.29, 1.82) is 0 Å². The molecule has 1 fully saturated rings. The van der Waals surface area contributed by atoms with E-state index in [2.05, 4.69) is 9.88 Å². The third-order valence-electron chi connectivity index (χ3n) is 4.43. The molecule has 1 unspecified atom stereocenters. The molecule has 0 N–H and O–H groups in total. The number of hydrogen-bond donors (Lipinski definition) is 0. The second-order valence-corrected chi connectivity index (χ2v) is 8.40. The fourth-order valence-corrected chi connectivity index (χ4v) is 4.03. The summed E-state index contributed by atoms with van der Waals surface area (Å²) in [5, 5.41) is 0.105. The van der Waals surface area contributed by atoms with Crippen molar-refractivity contribution >= 4 is 15.6 Å². The van der Waals surface area contributed by atoms with Gasteiger partial charge in [-0.15, -0.1) is 0 Å². The van der Waals surface area contributed by atoms with Gasteiger partial charge < -0.3 is 9.30 Å². The highest BCUT2D eigenvalue weighted by atomic mass is 32.2. The first-order chi connectivity index (χ1) is 11.3. The number of likely N-dealkylation sites (tertiary alicyclic amines) is 1. The number of Topliss-reactive ketones (excluding diaryl/α,β-unsaturated/α-hetero) is 1.